The number of aromatic hydroxyl groups is 1. The number of benzene rings is 2. The average molecular weight is 334 g/mol. The first-order valence-corrected chi connectivity index (χ1v) is 7.77. The molecule has 25 heavy (non-hydrogen) atoms. The summed E-state index contributed by atoms with van der Waals surface area (Å²) in [4.78, 5) is 21.9. The maximum Gasteiger partial charge on any atom is 0.227 e. The predicted molar refractivity (Wildman–Crippen MR) is 97.9 cm³/mol. The van der Waals surface area contributed by atoms with Gasteiger partial charge in [-0.25, -0.2) is 9.97 Å². The fourth-order valence-electron chi connectivity index (χ4n) is 2.31. The summed E-state index contributed by atoms with van der Waals surface area (Å²) in [7, 11) is 1.74. The van der Waals surface area contributed by atoms with Crippen molar-refractivity contribution in [1.82, 2.24) is 9.97 Å². The van der Waals surface area contributed by atoms with Crippen molar-refractivity contribution in [1.29, 1.82) is 0 Å². The molecular weight excluding hydrogens is 316 g/mol. The average Bonchev–Trinajstić information content (AvgIpc) is 2.63. The Kier molecular flexibility index (Phi) is 4.61. The molecule has 0 aliphatic rings. The molecule has 0 unspecified atom stereocenters. The van der Waals surface area contributed by atoms with Crippen LogP contribution < -0.4 is 10.2 Å². The Morgan fingerprint density at radius 1 is 1.12 bits per heavy atom. The molecule has 2 N–H and O–H groups in total. The summed E-state index contributed by atoms with van der Waals surface area (Å²) in [6.45, 7) is 1.52. The standard InChI is InChI=1S/C19H18N4O2/c1-13(24)23(2)16-5-3-4-14(12-16)18-10-11-20-19(22-18)21-15-6-8-17(25)9-7-15/h3-12,25H,1-2H3,(H,20,21,22). The molecule has 3 aromatic rings. The highest BCUT2D eigenvalue weighted by Gasteiger charge is 2.08. The van der Waals surface area contributed by atoms with E-state index in [1.54, 1.807) is 42.4 Å². The molecule has 3 rings (SSSR count). The van der Waals surface area contributed by atoms with E-state index in [9.17, 15) is 9.90 Å². The highest BCUT2D eigenvalue weighted by Crippen LogP contribution is 2.24. The number of nitrogens with zero attached hydrogens (tertiary/aromatic N) is 3. The van der Waals surface area contributed by atoms with E-state index in [-0.39, 0.29) is 11.7 Å². The zero-order chi connectivity index (χ0) is 17.8. The second-order valence-electron chi connectivity index (χ2n) is 5.57. The first-order chi connectivity index (χ1) is 12.0. The molecule has 126 valence electrons. The van der Waals surface area contributed by atoms with Gasteiger partial charge in [-0.3, -0.25) is 4.79 Å². The number of rotatable bonds is 4. The molecule has 1 heterocycles. The summed E-state index contributed by atoms with van der Waals surface area (Å²) in [6.07, 6.45) is 1.67. The van der Waals surface area contributed by atoms with E-state index in [2.05, 4.69) is 15.3 Å². The molecule has 0 bridgehead atoms. The molecule has 0 atom stereocenters. The molecule has 6 nitrogen and oxygen atoms in total. The summed E-state index contributed by atoms with van der Waals surface area (Å²) in [5, 5.41) is 12.4. The van der Waals surface area contributed by atoms with E-state index in [1.165, 1.54) is 6.92 Å². The predicted octanol–water partition coefficient (Wildman–Crippen LogP) is 3.58. The van der Waals surface area contributed by atoms with Gasteiger partial charge in [0.05, 0.1) is 5.69 Å². The van der Waals surface area contributed by atoms with Crippen LogP contribution in [0.1, 0.15) is 6.92 Å². The van der Waals surface area contributed by atoms with E-state index < -0.39 is 0 Å². The molecule has 0 saturated carbocycles. The smallest absolute Gasteiger partial charge is 0.227 e. The SMILES string of the molecule is CC(=O)N(C)c1cccc(-c2ccnc(Nc3ccc(O)cc3)n2)c1. The lowest BCUT2D eigenvalue weighted by atomic mass is 10.1. The molecule has 0 spiro atoms. The van der Waals surface area contributed by atoms with Gasteiger partial charge in [0.1, 0.15) is 5.75 Å². The molecule has 0 radical (unpaired) electrons. The van der Waals surface area contributed by atoms with Gasteiger partial charge in [0.25, 0.3) is 0 Å². The highest BCUT2D eigenvalue weighted by atomic mass is 16.3. The van der Waals surface area contributed by atoms with Crippen LogP contribution in [0.5, 0.6) is 5.75 Å². The minimum atomic E-state index is -0.0328. The van der Waals surface area contributed by atoms with Crippen molar-refractivity contribution in [3.8, 4) is 17.0 Å². The first kappa shape index (κ1) is 16.4. The van der Waals surface area contributed by atoms with Crippen LogP contribution in [0.25, 0.3) is 11.3 Å². The van der Waals surface area contributed by atoms with Crippen molar-refractivity contribution in [2.45, 2.75) is 6.92 Å². The topological polar surface area (TPSA) is 78.4 Å². The summed E-state index contributed by atoms with van der Waals surface area (Å²) in [5.74, 6) is 0.620. The Labute approximate surface area is 145 Å². The molecule has 0 aliphatic heterocycles. The third-order valence-electron chi connectivity index (χ3n) is 3.78. The summed E-state index contributed by atoms with van der Waals surface area (Å²) in [5.41, 5.74) is 3.22. The fraction of sp³-hybridized carbons (Fsp3) is 0.105. The Bertz CT molecular complexity index is 894. The van der Waals surface area contributed by atoms with Crippen LogP contribution >= 0.6 is 0 Å². The van der Waals surface area contributed by atoms with Gasteiger partial charge in [-0.15, -0.1) is 0 Å². The van der Waals surface area contributed by atoms with Gasteiger partial charge in [-0.1, -0.05) is 12.1 Å². The van der Waals surface area contributed by atoms with Crippen LogP contribution in [0.2, 0.25) is 0 Å². The minimum Gasteiger partial charge on any atom is -0.508 e. The van der Waals surface area contributed by atoms with E-state index in [0.29, 0.717) is 5.95 Å². The largest absolute Gasteiger partial charge is 0.508 e. The number of anilines is 3. The van der Waals surface area contributed by atoms with Crippen LogP contribution in [0.3, 0.4) is 0 Å². The van der Waals surface area contributed by atoms with Gasteiger partial charge in [-0.05, 0) is 42.5 Å². The number of nitrogens with one attached hydrogen (secondary N) is 1. The summed E-state index contributed by atoms with van der Waals surface area (Å²) < 4.78 is 0. The second kappa shape index (κ2) is 7.00. The van der Waals surface area contributed by atoms with E-state index >= 15 is 0 Å². The number of phenols is 1. The maximum atomic E-state index is 11.5. The molecule has 0 aliphatic carbocycles. The lowest BCUT2D eigenvalue weighted by Gasteiger charge is -2.16. The Balaban J connectivity index is 1.87. The molecule has 2 aromatic carbocycles. The van der Waals surface area contributed by atoms with Gasteiger partial charge in [-0.2, -0.15) is 0 Å². The van der Waals surface area contributed by atoms with E-state index in [0.717, 1.165) is 22.6 Å². The molecule has 0 fully saturated rings. The van der Waals surface area contributed by atoms with Crippen molar-refractivity contribution in [2.24, 2.45) is 0 Å². The zero-order valence-electron chi connectivity index (χ0n) is 14.0. The van der Waals surface area contributed by atoms with E-state index in [4.69, 9.17) is 0 Å². The third kappa shape index (κ3) is 3.92. The number of carbonyl (C=O) groups is 1. The molecular formula is C19H18N4O2. The molecule has 1 amide bonds. The monoisotopic (exact) mass is 334 g/mol. The van der Waals surface area contributed by atoms with Gasteiger partial charge in [0.2, 0.25) is 11.9 Å². The second-order valence-corrected chi connectivity index (χ2v) is 5.57. The van der Waals surface area contributed by atoms with E-state index in [1.807, 2.05) is 30.3 Å². The Hall–Kier alpha value is -3.41. The number of carbonyl (C=O) groups excluding carboxylic acids is 1. The fourth-order valence-corrected chi connectivity index (χ4v) is 2.31. The highest BCUT2D eigenvalue weighted by molar-refractivity contribution is 5.91. The number of amides is 1. The van der Waals surface area contributed by atoms with Gasteiger partial charge in [0.15, 0.2) is 0 Å². The number of phenolic OH excluding ortho intramolecular Hbond substituents is 1. The van der Waals surface area contributed by atoms with Crippen LogP contribution in [0.4, 0.5) is 17.3 Å². The van der Waals surface area contributed by atoms with Crippen molar-refractivity contribution >= 4 is 23.2 Å². The van der Waals surface area contributed by atoms with Gasteiger partial charge < -0.3 is 15.3 Å². The number of aromatic nitrogens is 2. The molecule has 6 heteroatoms. The lowest BCUT2D eigenvalue weighted by molar-refractivity contribution is -0.116. The molecule has 1 aromatic heterocycles. The van der Waals surface area contributed by atoms with Gasteiger partial charge >= 0.3 is 0 Å². The van der Waals surface area contributed by atoms with Crippen molar-refractivity contribution in [3.05, 3.63) is 60.8 Å². The quantitative estimate of drug-likeness (QED) is 0.713. The zero-order valence-corrected chi connectivity index (χ0v) is 14.0. The summed E-state index contributed by atoms with van der Waals surface area (Å²) >= 11 is 0. The van der Waals surface area contributed by atoms with Gasteiger partial charge in [0, 0.05) is 37.1 Å². The first-order valence-electron chi connectivity index (χ1n) is 7.77. The minimum absolute atomic E-state index is 0.0328. The molecule has 0 saturated heterocycles. The maximum absolute atomic E-state index is 11.5. The third-order valence-corrected chi connectivity index (χ3v) is 3.78. The Morgan fingerprint density at radius 3 is 2.60 bits per heavy atom. The van der Waals surface area contributed by atoms with Crippen LogP contribution in [0.15, 0.2) is 60.8 Å². The van der Waals surface area contributed by atoms with Crippen molar-refractivity contribution < 1.29 is 9.90 Å². The van der Waals surface area contributed by atoms with Crippen LogP contribution in [0, 0.1) is 0 Å². The van der Waals surface area contributed by atoms with Crippen LogP contribution in [-0.4, -0.2) is 28.0 Å². The number of hydrogen-bond donors (Lipinski definition) is 2. The van der Waals surface area contributed by atoms with Crippen molar-refractivity contribution in [2.75, 3.05) is 17.3 Å². The normalized spacial score (nSPS) is 10.3. The summed E-state index contributed by atoms with van der Waals surface area (Å²) in [6, 6.07) is 16.1. The van der Waals surface area contributed by atoms with Crippen molar-refractivity contribution in [3.63, 3.8) is 0 Å². The lowest BCUT2D eigenvalue weighted by Crippen LogP contribution is -2.22. The number of hydrogen-bond acceptors (Lipinski definition) is 5. The Morgan fingerprint density at radius 2 is 1.88 bits per heavy atom. The van der Waals surface area contributed by atoms with Crippen LogP contribution in [-0.2, 0) is 4.79 Å².